The van der Waals surface area contributed by atoms with E-state index in [9.17, 15) is 0 Å². The Morgan fingerprint density at radius 2 is 1.31 bits per heavy atom. The largest absolute Gasteiger partial charge is 0.490 e. The molecule has 2 aliphatic rings. The monoisotopic (exact) mass is 521 g/mol. The van der Waals surface area contributed by atoms with E-state index in [-0.39, 0.29) is 0 Å². The van der Waals surface area contributed by atoms with Crippen LogP contribution in [0.15, 0.2) is 66.7 Å². The Morgan fingerprint density at radius 1 is 0.667 bits per heavy atom. The molecule has 0 amide bonds. The number of aryl methyl sites for hydroxylation is 2. The van der Waals surface area contributed by atoms with E-state index in [0.29, 0.717) is 33.0 Å². The van der Waals surface area contributed by atoms with Crippen LogP contribution >= 0.6 is 0 Å². The predicted octanol–water partition coefficient (Wildman–Crippen LogP) is 6.72. The highest BCUT2D eigenvalue weighted by Crippen LogP contribution is 2.46. The molecule has 5 heteroatoms. The second-order valence-electron chi connectivity index (χ2n) is 10.0. The van der Waals surface area contributed by atoms with Gasteiger partial charge in [-0.3, -0.25) is 0 Å². The molecule has 1 aromatic heterocycles. The van der Waals surface area contributed by atoms with Crippen molar-refractivity contribution in [3.8, 4) is 45.1 Å². The Kier molecular flexibility index (Phi) is 7.62. The van der Waals surface area contributed by atoms with Crippen LogP contribution in [-0.2, 0) is 35.2 Å². The van der Waals surface area contributed by atoms with Crippen molar-refractivity contribution in [3.63, 3.8) is 0 Å². The molecule has 1 heterocycles. The lowest BCUT2D eigenvalue weighted by Gasteiger charge is -2.29. The zero-order valence-electron chi connectivity index (χ0n) is 22.8. The molecule has 0 radical (unpaired) electrons. The average Bonchev–Trinajstić information content (AvgIpc) is 2.98. The number of nitrogens with zero attached hydrogens (tertiary/aromatic N) is 1. The first kappa shape index (κ1) is 25.6. The Labute approximate surface area is 230 Å². The summed E-state index contributed by atoms with van der Waals surface area (Å²) in [6.45, 7) is 4.67. The molecule has 39 heavy (non-hydrogen) atoms. The van der Waals surface area contributed by atoms with Crippen LogP contribution in [-0.4, -0.2) is 45.1 Å². The highest BCUT2D eigenvalue weighted by molar-refractivity contribution is 5.88. The Bertz CT molecular complexity index is 1400. The van der Waals surface area contributed by atoms with Gasteiger partial charge >= 0.3 is 0 Å². The SMILES string of the molecule is CCOc1cc(-c2c3c(nc4c2CCc2ccccc2-4)-c2ccccc2CC3)ccc1OCCOCCOC. The van der Waals surface area contributed by atoms with Gasteiger partial charge in [-0.15, -0.1) is 0 Å². The third-order valence-electron chi connectivity index (χ3n) is 7.68. The number of hydrogen-bond donors (Lipinski definition) is 0. The van der Waals surface area contributed by atoms with Crippen molar-refractivity contribution >= 4 is 0 Å². The molecule has 0 saturated heterocycles. The van der Waals surface area contributed by atoms with E-state index < -0.39 is 0 Å². The van der Waals surface area contributed by atoms with E-state index in [4.69, 9.17) is 23.9 Å². The van der Waals surface area contributed by atoms with Gasteiger partial charge in [-0.2, -0.15) is 0 Å². The lowest BCUT2D eigenvalue weighted by Crippen LogP contribution is -2.15. The van der Waals surface area contributed by atoms with E-state index in [0.717, 1.165) is 54.1 Å². The zero-order valence-corrected chi connectivity index (χ0v) is 22.8. The quantitative estimate of drug-likeness (QED) is 0.217. The van der Waals surface area contributed by atoms with Gasteiger partial charge in [-0.1, -0.05) is 54.6 Å². The highest BCUT2D eigenvalue weighted by atomic mass is 16.5. The minimum Gasteiger partial charge on any atom is -0.490 e. The molecule has 6 rings (SSSR count). The van der Waals surface area contributed by atoms with E-state index in [2.05, 4.69) is 60.7 Å². The summed E-state index contributed by atoms with van der Waals surface area (Å²) in [6, 6.07) is 23.8. The topological polar surface area (TPSA) is 49.8 Å². The maximum absolute atomic E-state index is 6.09. The van der Waals surface area contributed by atoms with Gasteiger partial charge < -0.3 is 18.9 Å². The molecule has 4 aromatic rings. The third-order valence-corrected chi connectivity index (χ3v) is 7.68. The molecule has 0 aliphatic heterocycles. The van der Waals surface area contributed by atoms with Gasteiger partial charge in [0.25, 0.3) is 0 Å². The van der Waals surface area contributed by atoms with Crippen LogP contribution in [0.4, 0.5) is 0 Å². The fourth-order valence-corrected chi connectivity index (χ4v) is 5.91. The molecule has 0 unspecified atom stereocenters. The van der Waals surface area contributed by atoms with Crippen LogP contribution in [0.5, 0.6) is 11.5 Å². The normalized spacial score (nSPS) is 13.2. The number of hydrogen-bond acceptors (Lipinski definition) is 5. The van der Waals surface area contributed by atoms with Crippen molar-refractivity contribution < 1.29 is 18.9 Å². The number of aromatic nitrogens is 1. The van der Waals surface area contributed by atoms with E-state index in [1.54, 1.807) is 7.11 Å². The van der Waals surface area contributed by atoms with Crippen molar-refractivity contribution in [1.82, 2.24) is 4.98 Å². The van der Waals surface area contributed by atoms with Crippen LogP contribution in [0.25, 0.3) is 33.6 Å². The molecular formula is C34H35NO4. The molecule has 0 bridgehead atoms. The summed E-state index contributed by atoms with van der Waals surface area (Å²) in [5.74, 6) is 1.50. The number of benzene rings is 3. The molecule has 200 valence electrons. The van der Waals surface area contributed by atoms with Gasteiger partial charge in [-0.25, -0.2) is 4.98 Å². The molecule has 2 aliphatic carbocycles. The third kappa shape index (κ3) is 5.05. The van der Waals surface area contributed by atoms with Crippen molar-refractivity contribution in [2.45, 2.75) is 32.6 Å². The summed E-state index contributed by atoms with van der Waals surface area (Å²) in [5, 5.41) is 0. The fraction of sp³-hybridized carbons (Fsp3) is 0.324. The number of rotatable bonds is 10. The number of methoxy groups -OCH3 is 1. The zero-order chi connectivity index (χ0) is 26.6. The molecule has 0 atom stereocenters. The van der Waals surface area contributed by atoms with Crippen LogP contribution in [0, 0.1) is 0 Å². The lowest BCUT2D eigenvalue weighted by molar-refractivity contribution is 0.0539. The summed E-state index contributed by atoms with van der Waals surface area (Å²) in [6.07, 6.45) is 4.00. The summed E-state index contributed by atoms with van der Waals surface area (Å²) in [7, 11) is 1.67. The lowest BCUT2D eigenvalue weighted by atomic mass is 9.78. The standard InChI is InChI=1S/C34H35NO4/c1-3-38-31-22-25(14-17-30(31)39-21-20-37-19-18-36-2)32-28-15-12-23-8-4-6-10-26(23)33(28)35-34-27-11-7-5-9-24(27)13-16-29(32)34/h4-11,14,17,22H,3,12-13,15-16,18-21H2,1-2H3. The Hall–Kier alpha value is -3.67. The first-order valence-electron chi connectivity index (χ1n) is 14.0. The average molecular weight is 522 g/mol. The number of fused-ring (bicyclic) bond motifs is 6. The molecule has 3 aromatic carbocycles. The van der Waals surface area contributed by atoms with Crippen LogP contribution < -0.4 is 9.47 Å². The van der Waals surface area contributed by atoms with Gasteiger partial charge in [0.05, 0.1) is 37.8 Å². The van der Waals surface area contributed by atoms with Crippen LogP contribution in [0.2, 0.25) is 0 Å². The van der Waals surface area contributed by atoms with Gasteiger partial charge in [-0.05, 0) is 78.1 Å². The van der Waals surface area contributed by atoms with Gasteiger partial charge in [0.1, 0.15) is 6.61 Å². The maximum Gasteiger partial charge on any atom is 0.161 e. The van der Waals surface area contributed by atoms with Crippen LogP contribution in [0.1, 0.15) is 29.2 Å². The predicted molar refractivity (Wildman–Crippen MR) is 155 cm³/mol. The minimum atomic E-state index is 0.455. The molecule has 0 spiro atoms. The van der Waals surface area contributed by atoms with Gasteiger partial charge in [0.2, 0.25) is 0 Å². The molecule has 0 saturated carbocycles. The minimum absolute atomic E-state index is 0.455. The summed E-state index contributed by atoms with van der Waals surface area (Å²) in [4.78, 5) is 5.39. The second-order valence-corrected chi connectivity index (χ2v) is 10.0. The van der Waals surface area contributed by atoms with Crippen molar-refractivity contribution in [3.05, 3.63) is 89.0 Å². The fourth-order valence-electron chi connectivity index (χ4n) is 5.91. The summed E-state index contributed by atoms with van der Waals surface area (Å²) < 4.78 is 22.8. The van der Waals surface area contributed by atoms with E-state index >= 15 is 0 Å². The molecule has 0 fully saturated rings. The first-order valence-corrected chi connectivity index (χ1v) is 14.0. The molecule has 5 nitrogen and oxygen atoms in total. The summed E-state index contributed by atoms with van der Waals surface area (Å²) in [5.41, 5.74) is 12.7. The molecular weight excluding hydrogens is 486 g/mol. The van der Waals surface area contributed by atoms with Crippen LogP contribution in [0.3, 0.4) is 0 Å². The smallest absolute Gasteiger partial charge is 0.161 e. The van der Waals surface area contributed by atoms with Crippen molar-refractivity contribution in [2.24, 2.45) is 0 Å². The Morgan fingerprint density at radius 3 is 1.95 bits per heavy atom. The second kappa shape index (κ2) is 11.6. The Balaban J connectivity index is 1.44. The number of pyridine rings is 1. The summed E-state index contributed by atoms with van der Waals surface area (Å²) >= 11 is 0. The van der Waals surface area contributed by atoms with Gasteiger partial charge in [0, 0.05) is 18.2 Å². The van der Waals surface area contributed by atoms with Gasteiger partial charge in [0.15, 0.2) is 11.5 Å². The highest BCUT2D eigenvalue weighted by Gasteiger charge is 2.29. The maximum atomic E-state index is 6.09. The van der Waals surface area contributed by atoms with E-state index in [1.165, 1.54) is 38.9 Å². The number of ether oxygens (including phenoxy) is 4. The van der Waals surface area contributed by atoms with Crippen molar-refractivity contribution in [1.29, 1.82) is 0 Å². The first-order chi connectivity index (χ1) is 19.3. The van der Waals surface area contributed by atoms with Crippen molar-refractivity contribution in [2.75, 3.05) is 40.1 Å². The van der Waals surface area contributed by atoms with E-state index in [1.807, 2.05) is 13.0 Å². The molecule has 0 N–H and O–H groups in total.